The number of aliphatic hydroxyl groups excluding tert-OH is 3. The van der Waals surface area contributed by atoms with Gasteiger partial charge in [-0.1, -0.05) is 13.8 Å². The molecule has 1 fully saturated rings. The third-order valence-corrected chi connectivity index (χ3v) is 4.24. The van der Waals surface area contributed by atoms with E-state index in [0.29, 0.717) is 6.42 Å². The molecule has 0 aliphatic carbocycles. The summed E-state index contributed by atoms with van der Waals surface area (Å²) >= 11 is 0. The van der Waals surface area contributed by atoms with Crippen molar-refractivity contribution in [2.45, 2.75) is 51.0 Å². The van der Waals surface area contributed by atoms with Crippen molar-refractivity contribution in [3.05, 3.63) is 11.5 Å². The lowest BCUT2D eigenvalue weighted by atomic mass is 10.1. The van der Waals surface area contributed by atoms with E-state index in [-0.39, 0.29) is 23.2 Å². The van der Waals surface area contributed by atoms with Gasteiger partial charge in [-0.3, -0.25) is 0 Å². The van der Waals surface area contributed by atoms with Crippen LogP contribution in [0.15, 0.2) is 0 Å². The molecule has 5 N–H and O–H groups in total. The SMILES string of the molecule is CC(C)Cc1nc(N)c2c(C(F)(F)F)nn([C@@H]3O[C@H](CO)[C@@H](O)[C@H]3O)c2n1. The summed E-state index contributed by atoms with van der Waals surface area (Å²) in [6.45, 7) is 3.14. The lowest BCUT2D eigenvalue weighted by molar-refractivity contribution is -0.141. The Kier molecular flexibility index (Phi) is 5.01. The molecule has 0 amide bonds. The minimum absolute atomic E-state index is 0.120. The molecule has 4 atom stereocenters. The minimum Gasteiger partial charge on any atom is -0.394 e. The number of alkyl halides is 3. The number of ether oxygens (including phenoxy) is 1. The Labute approximate surface area is 151 Å². The molecule has 1 aliphatic heterocycles. The molecule has 0 bridgehead atoms. The molecule has 27 heavy (non-hydrogen) atoms. The molecule has 0 saturated carbocycles. The predicted molar refractivity (Wildman–Crippen MR) is 86.3 cm³/mol. The first-order valence-corrected chi connectivity index (χ1v) is 8.28. The molecule has 3 rings (SSSR count). The lowest BCUT2D eigenvalue weighted by Crippen LogP contribution is -2.33. The summed E-state index contributed by atoms with van der Waals surface area (Å²) < 4.78 is 46.4. The predicted octanol–water partition coefficient (Wildman–Crippen LogP) is 0.237. The maximum Gasteiger partial charge on any atom is 0.435 e. The Balaban J connectivity index is 2.21. The third-order valence-electron chi connectivity index (χ3n) is 4.24. The number of nitrogens with two attached hydrogens (primary N) is 1. The van der Waals surface area contributed by atoms with Gasteiger partial charge in [-0.15, -0.1) is 0 Å². The Hall–Kier alpha value is -2.02. The van der Waals surface area contributed by atoms with Crippen LogP contribution in [-0.4, -0.2) is 60.0 Å². The topological polar surface area (TPSA) is 140 Å². The van der Waals surface area contributed by atoms with Crippen LogP contribution in [0.2, 0.25) is 0 Å². The summed E-state index contributed by atoms with van der Waals surface area (Å²) in [6, 6.07) is 0. The normalized spacial score (nSPS) is 26.4. The van der Waals surface area contributed by atoms with Gasteiger partial charge in [-0.05, 0) is 5.92 Å². The summed E-state index contributed by atoms with van der Waals surface area (Å²) in [5.41, 5.74) is 4.18. The number of fused-ring (bicyclic) bond motifs is 1. The van der Waals surface area contributed by atoms with Crippen LogP contribution < -0.4 is 5.73 Å². The summed E-state index contributed by atoms with van der Waals surface area (Å²) in [5.74, 6) is -0.0493. The van der Waals surface area contributed by atoms with Crippen LogP contribution in [0.1, 0.15) is 31.6 Å². The molecule has 3 heterocycles. The smallest absolute Gasteiger partial charge is 0.394 e. The Morgan fingerprint density at radius 2 is 1.89 bits per heavy atom. The molecule has 12 heteroatoms. The van der Waals surface area contributed by atoms with Gasteiger partial charge >= 0.3 is 6.18 Å². The van der Waals surface area contributed by atoms with E-state index in [9.17, 15) is 28.5 Å². The van der Waals surface area contributed by atoms with Crippen LogP contribution in [0.5, 0.6) is 0 Å². The van der Waals surface area contributed by atoms with Gasteiger partial charge < -0.3 is 25.8 Å². The van der Waals surface area contributed by atoms with Crippen LogP contribution in [0.25, 0.3) is 11.0 Å². The first-order chi connectivity index (χ1) is 12.5. The summed E-state index contributed by atoms with van der Waals surface area (Å²) in [6.07, 6.45) is -10.2. The number of hydrogen-bond donors (Lipinski definition) is 4. The highest BCUT2D eigenvalue weighted by molar-refractivity contribution is 5.89. The maximum atomic E-state index is 13.4. The fourth-order valence-electron chi connectivity index (χ4n) is 3.03. The molecule has 0 spiro atoms. The van der Waals surface area contributed by atoms with Crippen molar-refractivity contribution in [2.24, 2.45) is 5.92 Å². The van der Waals surface area contributed by atoms with Crippen LogP contribution in [0.4, 0.5) is 19.0 Å². The van der Waals surface area contributed by atoms with Crippen LogP contribution in [0, 0.1) is 5.92 Å². The number of aromatic nitrogens is 4. The van der Waals surface area contributed by atoms with E-state index in [2.05, 4.69) is 15.1 Å². The Morgan fingerprint density at radius 1 is 1.22 bits per heavy atom. The standard InChI is InChI=1S/C15H20F3N5O4/c1-5(2)3-7-20-12(19)8-11(15(16,17)18)22-23(13(8)21-7)14-10(26)9(25)6(4-24)27-14/h5-6,9-10,14,24-26H,3-4H2,1-2H3,(H2,19,20,21)/t6-,9-,10-,14-/m1/s1. The van der Waals surface area contributed by atoms with E-state index in [1.54, 1.807) is 0 Å². The first-order valence-electron chi connectivity index (χ1n) is 8.28. The van der Waals surface area contributed by atoms with Crippen LogP contribution >= 0.6 is 0 Å². The second-order valence-corrected chi connectivity index (χ2v) is 6.84. The fraction of sp³-hybridized carbons (Fsp3) is 0.667. The monoisotopic (exact) mass is 391 g/mol. The summed E-state index contributed by atoms with van der Waals surface area (Å²) in [4.78, 5) is 8.08. The van der Waals surface area contributed by atoms with Crippen molar-refractivity contribution in [2.75, 3.05) is 12.3 Å². The van der Waals surface area contributed by atoms with Gasteiger partial charge in [0.15, 0.2) is 17.6 Å². The lowest BCUT2D eigenvalue weighted by Gasteiger charge is -2.16. The highest BCUT2D eigenvalue weighted by Crippen LogP contribution is 2.39. The Morgan fingerprint density at radius 3 is 2.41 bits per heavy atom. The molecule has 0 radical (unpaired) electrons. The summed E-state index contributed by atoms with van der Waals surface area (Å²) in [7, 11) is 0. The second-order valence-electron chi connectivity index (χ2n) is 6.84. The number of rotatable bonds is 4. The minimum atomic E-state index is -4.85. The van der Waals surface area contributed by atoms with E-state index in [4.69, 9.17) is 10.5 Å². The summed E-state index contributed by atoms with van der Waals surface area (Å²) in [5, 5.41) is 32.3. The van der Waals surface area contributed by atoms with Crippen molar-refractivity contribution in [3.8, 4) is 0 Å². The van der Waals surface area contributed by atoms with Crippen molar-refractivity contribution < 1.29 is 33.2 Å². The zero-order chi connectivity index (χ0) is 20.1. The van der Waals surface area contributed by atoms with E-state index < -0.39 is 48.4 Å². The highest BCUT2D eigenvalue weighted by Gasteiger charge is 2.47. The number of nitrogen functional groups attached to an aromatic ring is 1. The number of nitrogens with zero attached hydrogens (tertiary/aromatic N) is 4. The molecule has 0 aromatic carbocycles. The van der Waals surface area contributed by atoms with Gasteiger partial charge in [0, 0.05) is 6.42 Å². The molecule has 150 valence electrons. The maximum absolute atomic E-state index is 13.4. The number of anilines is 1. The second kappa shape index (κ2) is 6.86. The largest absolute Gasteiger partial charge is 0.435 e. The average Bonchev–Trinajstić information content (AvgIpc) is 3.06. The van der Waals surface area contributed by atoms with Crippen LogP contribution in [-0.2, 0) is 17.3 Å². The molecular formula is C15H20F3N5O4. The average molecular weight is 391 g/mol. The zero-order valence-electron chi connectivity index (χ0n) is 14.6. The van der Waals surface area contributed by atoms with Crippen LogP contribution in [0.3, 0.4) is 0 Å². The molecule has 2 aromatic heterocycles. The van der Waals surface area contributed by atoms with E-state index in [1.807, 2.05) is 13.8 Å². The zero-order valence-corrected chi connectivity index (χ0v) is 14.6. The van der Waals surface area contributed by atoms with Crippen molar-refractivity contribution in [1.82, 2.24) is 19.7 Å². The van der Waals surface area contributed by atoms with Crippen molar-refractivity contribution in [1.29, 1.82) is 0 Å². The fourth-order valence-corrected chi connectivity index (χ4v) is 3.03. The first kappa shape index (κ1) is 19.7. The van der Waals surface area contributed by atoms with Gasteiger partial charge in [0.05, 0.1) is 12.0 Å². The van der Waals surface area contributed by atoms with Gasteiger partial charge in [0.1, 0.15) is 30.0 Å². The quantitative estimate of drug-likeness (QED) is 0.581. The third kappa shape index (κ3) is 3.45. The van der Waals surface area contributed by atoms with E-state index in [1.165, 1.54) is 0 Å². The number of halogens is 3. The number of hydrogen-bond acceptors (Lipinski definition) is 8. The molecule has 0 unspecified atom stereocenters. The Bertz CT molecular complexity index is 841. The van der Waals surface area contributed by atoms with E-state index in [0.717, 1.165) is 4.68 Å². The molecule has 1 saturated heterocycles. The number of aliphatic hydroxyl groups is 3. The van der Waals surface area contributed by atoms with Gasteiger partial charge in [-0.2, -0.15) is 18.3 Å². The molecule has 1 aliphatic rings. The van der Waals surface area contributed by atoms with Gasteiger partial charge in [-0.25, -0.2) is 14.6 Å². The molecular weight excluding hydrogens is 371 g/mol. The van der Waals surface area contributed by atoms with Gasteiger partial charge in [0.25, 0.3) is 0 Å². The van der Waals surface area contributed by atoms with Gasteiger partial charge in [0.2, 0.25) is 0 Å². The van der Waals surface area contributed by atoms with Crippen molar-refractivity contribution >= 4 is 16.9 Å². The highest BCUT2D eigenvalue weighted by atomic mass is 19.4. The molecule has 9 nitrogen and oxygen atoms in total. The molecule has 2 aromatic rings. The van der Waals surface area contributed by atoms with E-state index >= 15 is 0 Å². The van der Waals surface area contributed by atoms with Crippen molar-refractivity contribution in [3.63, 3.8) is 0 Å².